The lowest BCUT2D eigenvalue weighted by atomic mass is 10.2. The third-order valence-corrected chi connectivity index (χ3v) is 6.29. The molecule has 0 unspecified atom stereocenters. The second kappa shape index (κ2) is 7.17. The van der Waals surface area contributed by atoms with Crippen LogP contribution in [0.15, 0.2) is 65.6 Å². The van der Waals surface area contributed by atoms with Crippen molar-refractivity contribution in [3.8, 4) is 11.6 Å². The summed E-state index contributed by atoms with van der Waals surface area (Å²) in [4.78, 5) is 4.72. The first-order valence-electron chi connectivity index (χ1n) is 8.82. The molecule has 140 valence electrons. The van der Waals surface area contributed by atoms with Gasteiger partial charge < -0.3 is 9.47 Å². The van der Waals surface area contributed by atoms with Crippen LogP contribution in [0.25, 0.3) is 10.9 Å². The maximum atomic E-state index is 12.7. The molecule has 0 aliphatic carbocycles. The summed E-state index contributed by atoms with van der Waals surface area (Å²) < 4.78 is 37.9. The molecule has 0 radical (unpaired) electrons. The van der Waals surface area contributed by atoms with Gasteiger partial charge in [-0.1, -0.05) is 18.2 Å². The van der Waals surface area contributed by atoms with Gasteiger partial charge in [0, 0.05) is 11.5 Å². The fraction of sp³-hybridized carbons (Fsp3) is 0.250. The molecule has 6 nitrogen and oxygen atoms in total. The van der Waals surface area contributed by atoms with Crippen molar-refractivity contribution in [3.63, 3.8) is 0 Å². The molecule has 1 aromatic heterocycles. The minimum atomic E-state index is -3.52. The molecule has 4 rings (SSSR count). The number of ether oxygens (including phenoxy) is 2. The lowest BCUT2D eigenvalue weighted by molar-refractivity contribution is 0.0724. The number of rotatable bonds is 6. The van der Waals surface area contributed by atoms with Crippen molar-refractivity contribution < 1.29 is 17.9 Å². The molecule has 1 fully saturated rings. The monoisotopic (exact) mass is 384 g/mol. The number of hydrogen-bond acceptors (Lipinski definition) is 5. The highest BCUT2D eigenvalue weighted by atomic mass is 32.2. The van der Waals surface area contributed by atoms with E-state index in [9.17, 15) is 8.42 Å². The fourth-order valence-corrected chi connectivity index (χ4v) is 4.48. The first kappa shape index (κ1) is 17.8. The molecule has 0 bridgehead atoms. The lowest BCUT2D eigenvalue weighted by Crippen LogP contribution is -2.56. The molecule has 1 saturated heterocycles. The highest BCUT2D eigenvalue weighted by Crippen LogP contribution is 2.26. The number of aromatic nitrogens is 1. The summed E-state index contributed by atoms with van der Waals surface area (Å²) in [6, 6.07) is 18.0. The van der Waals surface area contributed by atoms with E-state index >= 15 is 0 Å². The Morgan fingerprint density at radius 2 is 1.78 bits per heavy atom. The lowest BCUT2D eigenvalue weighted by Gasteiger charge is -2.37. The standard InChI is InChI=1S/C20H20N2O4S/c1-2-25-16-8-10-18(11-9-16)27(23,24)22-13-17(14-22)26-20-12-7-15-5-3-4-6-19(15)21-20/h3-12,17H,2,13-14H2,1H3. The van der Waals surface area contributed by atoms with Crippen molar-refractivity contribution in [3.05, 3.63) is 60.7 Å². The van der Waals surface area contributed by atoms with Crippen LogP contribution in [0.2, 0.25) is 0 Å². The van der Waals surface area contributed by atoms with Crippen LogP contribution >= 0.6 is 0 Å². The Hall–Kier alpha value is -2.64. The van der Waals surface area contributed by atoms with Gasteiger partial charge in [0.15, 0.2) is 0 Å². The molecule has 2 aromatic carbocycles. The zero-order valence-corrected chi connectivity index (χ0v) is 15.7. The summed E-state index contributed by atoms with van der Waals surface area (Å²) in [6.45, 7) is 3.05. The zero-order valence-electron chi connectivity index (χ0n) is 14.9. The van der Waals surface area contributed by atoms with Crippen molar-refractivity contribution in [1.82, 2.24) is 9.29 Å². The van der Waals surface area contributed by atoms with Gasteiger partial charge in [-0.25, -0.2) is 13.4 Å². The molecule has 2 heterocycles. The first-order valence-corrected chi connectivity index (χ1v) is 10.3. The van der Waals surface area contributed by atoms with Crippen molar-refractivity contribution in [1.29, 1.82) is 0 Å². The summed E-state index contributed by atoms with van der Waals surface area (Å²) in [5.74, 6) is 1.17. The summed E-state index contributed by atoms with van der Waals surface area (Å²) >= 11 is 0. The molecule has 0 amide bonds. The average Bonchev–Trinajstić information content (AvgIpc) is 2.65. The molecule has 27 heavy (non-hydrogen) atoms. The topological polar surface area (TPSA) is 68.7 Å². The van der Waals surface area contributed by atoms with E-state index in [4.69, 9.17) is 9.47 Å². The molecule has 1 aliphatic rings. The van der Waals surface area contributed by atoms with Crippen molar-refractivity contribution in [2.45, 2.75) is 17.9 Å². The number of pyridine rings is 1. The van der Waals surface area contributed by atoms with Crippen molar-refractivity contribution in [2.75, 3.05) is 19.7 Å². The van der Waals surface area contributed by atoms with E-state index in [2.05, 4.69) is 4.98 Å². The molecular weight excluding hydrogens is 364 g/mol. The molecule has 0 N–H and O–H groups in total. The highest BCUT2D eigenvalue weighted by Gasteiger charge is 2.38. The highest BCUT2D eigenvalue weighted by molar-refractivity contribution is 7.89. The van der Waals surface area contributed by atoms with Crippen molar-refractivity contribution >= 4 is 20.9 Å². The van der Waals surface area contributed by atoms with Crippen LogP contribution in [0, 0.1) is 0 Å². The molecule has 0 saturated carbocycles. The molecule has 0 spiro atoms. The van der Waals surface area contributed by atoms with Gasteiger partial charge in [0.1, 0.15) is 11.9 Å². The van der Waals surface area contributed by atoms with E-state index in [1.54, 1.807) is 24.3 Å². The van der Waals surface area contributed by atoms with Crippen LogP contribution in [0.5, 0.6) is 11.6 Å². The number of fused-ring (bicyclic) bond motifs is 1. The van der Waals surface area contributed by atoms with Gasteiger partial charge in [0.2, 0.25) is 15.9 Å². The predicted molar refractivity (Wildman–Crippen MR) is 103 cm³/mol. The minimum absolute atomic E-state index is 0.198. The fourth-order valence-electron chi connectivity index (χ4n) is 2.98. The molecule has 0 atom stereocenters. The second-order valence-electron chi connectivity index (χ2n) is 6.31. The second-order valence-corrected chi connectivity index (χ2v) is 8.25. The van der Waals surface area contributed by atoms with Gasteiger partial charge in [-0.2, -0.15) is 4.31 Å². The summed E-state index contributed by atoms with van der Waals surface area (Å²) in [6.07, 6.45) is -0.198. The molecule has 3 aromatic rings. The van der Waals surface area contributed by atoms with Crippen LogP contribution < -0.4 is 9.47 Å². The smallest absolute Gasteiger partial charge is 0.243 e. The van der Waals surface area contributed by atoms with Gasteiger partial charge in [0.25, 0.3) is 0 Å². The Morgan fingerprint density at radius 3 is 2.52 bits per heavy atom. The first-order chi connectivity index (χ1) is 13.1. The van der Waals surface area contributed by atoms with E-state index in [0.717, 1.165) is 10.9 Å². The Balaban J connectivity index is 1.40. The van der Waals surface area contributed by atoms with Gasteiger partial charge in [-0.3, -0.25) is 0 Å². The Kier molecular flexibility index (Phi) is 4.72. The van der Waals surface area contributed by atoms with Crippen molar-refractivity contribution in [2.24, 2.45) is 0 Å². The number of hydrogen-bond donors (Lipinski definition) is 0. The largest absolute Gasteiger partial charge is 0.494 e. The van der Waals surface area contributed by atoms with E-state index in [-0.39, 0.29) is 11.0 Å². The summed E-state index contributed by atoms with van der Waals surface area (Å²) in [7, 11) is -3.52. The quantitative estimate of drug-likeness (QED) is 0.653. The van der Waals surface area contributed by atoms with Crippen LogP contribution in [0.3, 0.4) is 0 Å². The predicted octanol–water partition coefficient (Wildman–Crippen LogP) is 3.09. The van der Waals surface area contributed by atoms with Crippen LogP contribution in [0.1, 0.15) is 6.92 Å². The van der Waals surface area contributed by atoms with Crippen LogP contribution in [-0.4, -0.2) is 43.5 Å². The Morgan fingerprint density at radius 1 is 1.04 bits per heavy atom. The van der Waals surface area contributed by atoms with E-state index in [0.29, 0.717) is 31.3 Å². The third-order valence-electron chi connectivity index (χ3n) is 4.45. The molecule has 1 aliphatic heterocycles. The number of benzene rings is 2. The van der Waals surface area contributed by atoms with E-state index < -0.39 is 10.0 Å². The summed E-state index contributed by atoms with van der Waals surface area (Å²) in [5.41, 5.74) is 0.855. The van der Waals surface area contributed by atoms with Gasteiger partial charge in [-0.05, 0) is 43.3 Å². The zero-order chi connectivity index (χ0) is 18.9. The third kappa shape index (κ3) is 3.61. The maximum Gasteiger partial charge on any atom is 0.243 e. The molecule has 7 heteroatoms. The Bertz CT molecular complexity index is 1050. The van der Waals surface area contributed by atoms with Gasteiger partial charge >= 0.3 is 0 Å². The maximum absolute atomic E-state index is 12.7. The number of sulfonamides is 1. The molecular formula is C20H20N2O4S. The summed E-state index contributed by atoms with van der Waals surface area (Å²) in [5, 5.41) is 1.04. The van der Waals surface area contributed by atoms with Crippen LogP contribution in [0.4, 0.5) is 0 Å². The van der Waals surface area contributed by atoms with E-state index in [1.807, 2.05) is 43.3 Å². The van der Waals surface area contributed by atoms with Crippen LogP contribution in [-0.2, 0) is 10.0 Å². The Labute approximate surface area is 158 Å². The number of nitrogens with zero attached hydrogens (tertiary/aromatic N) is 2. The van der Waals surface area contributed by atoms with Gasteiger partial charge in [0.05, 0.1) is 30.1 Å². The van der Waals surface area contributed by atoms with E-state index in [1.165, 1.54) is 4.31 Å². The average molecular weight is 384 g/mol. The van der Waals surface area contributed by atoms with Gasteiger partial charge in [-0.15, -0.1) is 0 Å². The SMILES string of the molecule is CCOc1ccc(S(=O)(=O)N2CC(Oc3ccc4ccccc4n3)C2)cc1. The number of para-hydroxylation sites is 1. The normalized spacial score (nSPS) is 15.4. The minimum Gasteiger partial charge on any atom is -0.494 e.